The molecule has 0 saturated heterocycles. The molecule has 1 heterocycles. The van der Waals surface area contributed by atoms with E-state index >= 15 is 0 Å². The Bertz CT molecular complexity index is 582. The second kappa shape index (κ2) is 4.50. The molecule has 19 heavy (non-hydrogen) atoms. The molecular formula is C16H15NO2. The van der Waals surface area contributed by atoms with Crippen LogP contribution in [0, 0.1) is 5.41 Å². The predicted molar refractivity (Wildman–Crippen MR) is 71.9 cm³/mol. The molecule has 96 valence electrons. The first-order valence-corrected chi connectivity index (χ1v) is 6.40. The lowest BCUT2D eigenvalue weighted by Crippen LogP contribution is -2.34. The molecule has 0 radical (unpaired) electrons. The van der Waals surface area contributed by atoms with Crippen molar-refractivity contribution in [3.8, 4) is 0 Å². The molecule has 1 aromatic heterocycles. The number of hydrogen-bond acceptors (Lipinski definition) is 2. The maximum absolute atomic E-state index is 11.8. The summed E-state index contributed by atoms with van der Waals surface area (Å²) in [6.45, 7) is 0. The van der Waals surface area contributed by atoms with Crippen LogP contribution in [0.4, 0.5) is 0 Å². The van der Waals surface area contributed by atoms with Gasteiger partial charge in [-0.15, -0.1) is 0 Å². The van der Waals surface area contributed by atoms with Gasteiger partial charge in [-0.05, 0) is 36.1 Å². The van der Waals surface area contributed by atoms with Crippen LogP contribution in [0.25, 0.3) is 0 Å². The van der Waals surface area contributed by atoms with Gasteiger partial charge in [-0.3, -0.25) is 9.78 Å². The Hall–Kier alpha value is -2.16. The van der Waals surface area contributed by atoms with Gasteiger partial charge in [0.25, 0.3) is 0 Å². The standard InChI is InChI=1S/C16H15NO2/c18-15(19)16(11-14-7-3-4-8-17-14)9-12-5-1-2-6-13(12)10-16/h1-8H,9-11H2,(H,18,19). The maximum Gasteiger partial charge on any atom is 0.310 e. The van der Waals surface area contributed by atoms with E-state index in [9.17, 15) is 9.90 Å². The smallest absolute Gasteiger partial charge is 0.310 e. The van der Waals surface area contributed by atoms with Crippen LogP contribution >= 0.6 is 0 Å². The van der Waals surface area contributed by atoms with Gasteiger partial charge in [0.1, 0.15) is 0 Å². The number of hydrogen-bond donors (Lipinski definition) is 1. The Morgan fingerprint density at radius 2 is 1.74 bits per heavy atom. The van der Waals surface area contributed by atoms with Crippen LogP contribution in [0.3, 0.4) is 0 Å². The molecule has 2 aromatic rings. The van der Waals surface area contributed by atoms with Gasteiger partial charge < -0.3 is 5.11 Å². The van der Waals surface area contributed by atoms with Crippen LogP contribution in [-0.2, 0) is 24.1 Å². The summed E-state index contributed by atoms with van der Waals surface area (Å²) in [6.07, 6.45) is 3.38. The lowest BCUT2D eigenvalue weighted by molar-refractivity contribution is -0.148. The summed E-state index contributed by atoms with van der Waals surface area (Å²) in [5.41, 5.74) is 2.41. The van der Waals surface area contributed by atoms with E-state index in [1.54, 1.807) is 6.20 Å². The SMILES string of the molecule is O=C(O)C1(Cc2ccccn2)Cc2ccccc2C1. The number of carboxylic acids is 1. The van der Waals surface area contributed by atoms with Gasteiger partial charge in [0.05, 0.1) is 5.41 Å². The number of aliphatic carboxylic acids is 1. The molecular weight excluding hydrogens is 238 g/mol. The molecule has 3 nitrogen and oxygen atoms in total. The average molecular weight is 253 g/mol. The first-order valence-electron chi connectivity index (χ1n) is 6.40. The topological polar surface area (TPSA) is 50.2 Å². The van der Waals surface area contributed by atoms with Crippen molar-refractivity contribution in [2.24, 2.45) is 5.41 Å². The number of carboxylic acid groups (broad SMARTS) is 1. The highest BCUT2D eigenvalue weighted by atomic mass is 16.4. The Morgan fingerprint density at radius 1 is 1.11 bits per heavy atom. The van der Waals surface area contributed by atoms with Crippen molar-refractivity contribution >= 4 is 5.97 Å². The molecule has 1 N–H and O–H groups in total. The fourth-order valence-electron chi connectivity index (χ4n) is 2.90. The molecule has 0 unspecified atom stereocenters. The minimum Gasteiger partial charge on any atom is -0.481 e. The number of pyridine rings is 1. The highest BCUT2D eigenvalue weighted by molar-refractivity contribution is 5.77. The normalized spacial score (nSPS) is 16.0. The van der Waals surface area contributed by atoms with E-state index in [4.69, 9.17) is 0 Å². The molecule has 1 aliphatic rings. The van der Waals surface area contributed by atoms with Crippen molar-refractivity contribution in [1.82, 2.24) is 4.98 Å². The minimum atomic E-state index is -0.738. The Balaban J connectivity index is 1.93. The van der Waals surface area contributed by atoms with Gasteiger partial charge in [0.2, 0.25) is 0 Å². The number of benzene rings is 1. The van der Waals surface area contributed by atoms with Gasteiger partial charge in [0.15, 0.2) is 0 Å². The molecule has 1 aromatic carbocycles. The van der Waals surface area contributed by atoms with Gasteiger partial charge in [-0.1, -0.05) is 30.3 Å². The van der Waals surface area contributed by atoms with E-state index in [1.807, 2.05) is 42.5 Å². The van der Waals surface area contributed by atoms with Crippen molar-refractivity contribution in [1.29, 1.82) is 0 Å². The number of rotatable bonds is 3. The van der Waals surface area contributed by atoms with E-state index in [1.165, 1.54) is 0 Å². The molecule has 0 fully saturated rings. The zero-order chi connectivity index (χ0) is 13.3. The van der Waals surface area contributed by atoms with E-state index in [-0.39, 0.29) is 0 Å². The summed E-state index contributed by atoms with van der Waals surface area (Å²) in [4.78, 5) is 16.0. The molecule has 3 heteroatoms. The predicted octanol–water partition coefficient (Wildman–Crippen LogP) is 2.49. The second-order valence-electron chi connectivity index (χ2n) is 5.21. The first kappa shape index (κ1) is 11.9. The number of aromatic nitrogens is 1. The average Bonchev–Trinajstić information content (AvgIpc) is 2.79. The van der Waals surface area contributed by atoms with Crippen molar-refractivity contribution in [3.05, 3.63) is 65.5 Å². The zero-order valence-electron chi connectivity index (χ0n) is 10.5. The molecule has 1 aliphatic carbocycles. The fourth-order valence-corrected chi connectivity index (χ4v) is 2.90. The quantitative estimate of drug-likeness (QED) is 0.914. The summed E-state index contributed by atoms with van der Waals surface area (Å²) in [7, 11) is 0. The summed E-state index contributed by atoms with van der Waals surface area (Å²) >= 11 is 0. The largest absolute Gasteiger partial charge is 0.481 e. The van der Waals surface area contributed by atoms with Gasteiger partial charge in [-0.25, -0.2) is 0 Å². The zero-order valence-corrected chi connectivity index (χ0v) is 10.5. The van der Waals surface area contributed by atoms with Crippen LogP contribution < -0.4 is 0 Å². The van der Waals surface area contributed by atoms with E-state index in [2.05, 4.69) is 4.98 Å². The van der Waals surface area contributed by atoms with Gasteiger partial charge >= 0.3 is 5.97 Å². The third-order valence-electron chi connectivity index (χ3n) is 3.88. The third-order valence-corrected chi connectivity index (χ3v) is 3.88. The lowest BCUT2D eigenvalue weighted by Gasteiger charge is -2.23. The van der Waals surface area contributed by atoms with Crippen molar-refractivity contribution in [2.75, 3.05) is 0 Å². The Morgan fingerprint density at radius 3 is 2.26 bits per heavy atom. The summed E-state index contributed by atoms with van der Waals surface area (Å²) < 4.78 is 0. The van der Waals surface area contributed by atoms with Crippen molar-refractivity contribution in [3.63, 3.8) is 0 Å². The summed E-state index contributed by atoms with van der Waals surface area (Å²) in [5.74, 6) is -0.727. The van der Waals surface area contributed by atoms with Crippen LogP contribution in [-0.4, -0.2) is 16.1 Å². The monoisotopic (exact) mass is 253 g/mol. The lowest BCUT2D eigenvalue weighted by atomic mass is 9.80. The molecule has 0 spiro atoms. The molecule has 0 bridgehead atoms. The highest BCUT2D eigenvalue weighted by Gasteiger charge is 2.44. The van der Waals surface area contributed by atoms with Gasteiger partial charge in [0, 0.05) is 18.3 Å². The first-order chi connectivity index (χ1) is 9.20. The fraction of sp³-hybridized carbons (Fsp3) is 0.250. The van der Waals surface area contributed by atoms with Crippen LogP contribution in [0.5, 0.6) is 0 Å². The molecule has 0 aliphatic heterocycles. The number of nitrogens with zero attached hydrogens (tertiary/aromatic N) is 1. The Labute approximate surface area is 111 Å². The van der Waals surface area contributed by atoms with Crippen molar-refractivity contribution in [2.45, 2.75) is 19.3 Å². The molecule has 0 amide bonds. The number of carbonyl (C=O) groups is 1. The molecule has 0 saturated carbocycles. The van der Waals surface area contributed by atoms with E-state index in [0.717, 1.165) is 16.8 Å². The van der Waals surface area contributed by atoms with Gasteiger partial charge in [-0.2, -0.15) is 0 Å². The van der Waals surface area contributed by atoms with Crippen LogP contribution in [0.15, 0.2) is 48.7 Å². The van der Waals surface area contributed by atoms with Crippen LogP contribution in [0.1, 0.15) is 16.8 Å². The van der Waals surface area contributed by atoms with Crippen molar-refractivity contribution < 1.29 is 9.90 Å². The van der Waals surface area contributed by atoms with Crippen LogP contribution in [0.2, 0.25) is 0 Å². The third kappa shape index (κ3) is 2.12. The Kier molecular flexibility index (Phi) is 2.82. The minimum absolute atomic E-state index is 0.484. The highest BCUT2D eigenvalue weighted by Crippen LogP contribution is 2.39. The van der Waals surface area contributed by atoms with E-state index < -0.39 is 11.4 Å². The molecule has 0 atom stereocenters. The summed E-state index contributed by atoms with van der Waals surface area (Å²) in [6, 6.07) is 13.6. The maximum atomic E-state index is 11.8. The summed E-state index contributed by atoms with van der Waals surface area (Å²) in [5, 5.41) is 9.67. The molecule has 3 rings (SSSR count). The number of fused-ring (bicyclic) bond motifs is 1. The second-order valence-corrected chi connectivity index (χ2v) is 5.21. The van der Waals surface area contributed by atoms with E-state index in [0.29, 0.717) is 19.3 Å².